The van der Waals surface area contributed by atoms with Crippen LogP contribution in [0.25, 0.3) is 0 Å². The first-order chi connectivity index (χ1) is 24.3. The number of ketones is 1. The second-order valence-corrected chi connectivity index (χ2v) is 13.6. The van der Waals surface area contributed by atoms with Crippen molar-refractivity contribution in [1.82, 2.24) is 9.80 Å². The Morgan fingerprint density at radius 1 is 0.769 bits per heavy atom. The fraction of sp³-hybridized carbons (Fsp3) is 0.619. The molecule has 52 heavy (non-hydrogen) atoms. The van der Waals surface area contributed by atoms with Gasteiger partial charge < -0.3 is 25.2 Å². The first-order valence-electron chi connectivity index (χ1n) is 18.9. The van der Waals surface area contributed by atoms with Crippen LogP contribution in [0.5, 0.6) is 0 Å². The van der Waals surface area contributed by atoms with E-state index in [-0.39, 0.29) is 30.7 Å². The summed E-state index contributed by atoms with van der Waals surface area (Å²) in [5.41, 5.74) is 1.96. The van der Waals surface area contributed by atoms with Gasteiger partial charge in [-0.2, -0.15) is 0 Å². The Bertz CT molecular complexity index is 1320. The molecule has 2 heterocycles. The molecule has 4 rings (SSSR count). The van der Waals surface area contributed by atoms with E-state index < -0.39 is 17.5 Å². The number of para-hydroxylation sites is 1. The first-order valence-corrected chi connectivity index (χ1v) is 18.9. The van der Waals surface area contributed by atoms with Crippen molar-refractivity contribution < 1.29 is 28.0 Å². The van der Waals surface area contributed by atoms with Crippen molar-refractivity contribution in [2.24, 2.45) is 5.92 Å². The second-order valence-electron chi connectivity index (χ2n) is 13.6. The summed E-state index contributed by atoms with van der Waals surface area (Å²) in [4.78, 5) is 48.7. The average molecular weight is 731 g/mol. The third-order valence-electron chi connectivity index (χ3n) is 8.93. The minimum Gasteiger partial charge on any atom is -0.343 e. The lowest BCUT2D eigenvalue weighted by Crippen LogP contribution is -2.48. The Morgan fingerprint density at radius 2 is 1.33 bits per heavy atom. The van der Waals surface area contributed by atoms with Gasteiger partial charge in [0.15, 0.2) is 0 Å². The van der Waals surface area contributed by atoms with Crippen molar-refractivity contribution in [2.45, 2.75) is 139 Å². The highest BCUT2D eigenvalue weighted by Gasteiger charge is 2.27. The van der Waals surface area contributed by atoms with Gasteiger partial charge in [0.25, 0.3) is 0 Å². The second kappa shape index (κ2) is 27.9. The van der Waals surface area contributed by atoms with Gasteiger partial charge in [-0.3, -0.25) is 14.4 Å². The van der Waals surface area contributed by atoms with Crippen LogP contribution in [0.2, 0.25) is 0 Å². The Morgan fingerprint density at radius 3 is 1.85 bits per heavy atom. The molecule has 8 nitrogen and oxygen atoms in total. The number of piperidine rings is 2. The molecule has 3 amide bonds. The van der Waals surface area contributed by atoms with Crippen LogP contribution in [0.1, 0.15) is 132 Å². The summed E-state index contributed by atoms with van der Waals surface area (Å²) in [6, 6.07) is 11.4. The van der Waals surface area contributed by atoms with Gasteiger partial charge in [-0.15, -0.1) is 0 Å². The lowest BCUT2D eigenvalue weighted by atomic mass is 9.99. The van der Waals surface area contributed by atoms with E-state index in [4.69, 9.17) is 0 Å². The van der Waals surface area contributed by atoms with Crippen molar-refractivity contribution in [1.29, 1.82) is 0 Å². The highest BCUT2D eigenvalue weighted by atomic mass is 19.1. The Kier molecular flexibility index (Phi) is 26.0. The van der Waals surface area contributed by atoms with E-state index in [1.165, 1.54) is 77.4 Å². The molecule has 2 N–H and O–H groups in total. The number of halogens is 2. The van der Waals surface area contributed by atoms with Gasteiger partial charge in [0, 0.05) is 57.6 Å². The smallest absolute Gasteiger partial charge is 0.223 e. The van der Waals surface area contributed by atoms with E-state index in [0.29, 0.717) is 18.9 Å². The summed E-state index contributed by atoms with van der Waals surface area (Å²) >= 11 is 0. The van der Waals surface area contributed by atoms with Crippen LogP contribution >= 0.6 is 0 Å². The van der Waals surface area contributed by atoms with E-state index in [2.05, 4.69) is 43.2 Å². The van der Waals surface area contributed by atoms with Gasteiger partial charge in [-0.05, 0) is 81.8 Å². The van der Waals surface area contributed by atoms with Gasteiger partial charge in [-0.25, -0.2) is 8.78 Å². The van der Waals surface area contributed by atoms with E-state index in [9.17, 15) is 28.0 Å². The van der Waals surface area contributed by atoms with Crippen molar-refractivity contribution in [3.8, 4) is 0 Å². The summed E-state index contributed by atoms with van der Waals surface area (Å²) in [7, 11) is 0. The van der Waals surface area contributed by atoms with Crippen LogP contribution in [-0.4, -0.2) is 65.5 Å². The Balaban J connectivity index is 0.000000696. The number of nitrogens with zero attached hydrogens (tertiary/aromatic N) is 2. The predicted octanol–water partition coefficient (Wildman–Crippen LogP) is 9.82. The third-order valence-corrected chi connectivity index (χ3v) is 8.93. The molecule has 2 aromatic carbocycles. The summed E-state index contributed by atoms with van der Waals surface area (Å²) in [5.74, 6) is -0.448. The van der Waals surface area contributed by atoms with Crippen molar-refractivity contribution in [2.75, 3.05) is 36.8 Å². The number of anilines is 2. The summed E-state index contributed by atoms with van der Waals surface area (Å²) in [6.45, 7) is 17.4. The fourth-order valence-corrected chi connectivity index (χ4v) is 6.26. The molecule has 0 atom stereocenters. The topological polar surface area (TPSA) is 98.8 Å². The molecule has 0 aliphatic carbocycles. The van der Waals surface area contributed by atoms with Crippen LogP contribution < -0.4 is 10.6 Å². The summed E-state index contributed by atoms with van der Waals surface area (Å²) < 4.78 is 25.2. The quantitative estimate of drug-likeness (QED) is 0.240. The molecule has 2 aliphatic rings. The maximum atomic E-state index is 12.7. The van der Waals surface area contributed by atoms with E-state index in [0.717, 1.165) is 62.2 Å². The normalized spacial score (nSPS) is 14.2. The summed E-state index contributed by atoms with van der Waals surface area (Å²) in [5, 5.41) is 4.95. The molecule has 2 fully saturated rings. The molecular formula is C42H68F2N4O4. The highest BCUT2D eigenvalue weighted by molar-refractivity contribution is 5.89. The van der Waals surface area contributed by atoms with Gasteiger partial charge in [-0.1, -0.05) is 85.4 Å². The number of benzene rings is 2. The lowest BCUT2D eigenvalue weighted by molar-refractivity contribution is -0.134. The van der Waals surface area contributed by atoms with E-state index in [1.807, 2.05) is 29.2 Å². The molecule has 10 heteroatoms. The zero-order valence-electron chi connectivity index (χ0n) is 32.3. The highest BCUT2D eigenvalue weighted by Crippen LogP contribution is 2.21. The molecule has 0 radical (unpaired) electrons. The zero-order valence-corrected chi connectivity index (χ0v) is 32.3. The third kappa shape index (κ3) is 21.0. The minimum atomic E-state index is -0.647. The molecule has 0 aromatic heterocycles. The number of amides is 3. The lowest BCUT2D eigenvalue weighted by Gasteiger charge is -2.40. The number of carbonyl (C=O) groups excluding carboxylic acids is 4. The average Bonchev–Trinajstić information content (AvgIpc) is 3.10. The van der Waals surface area contributed by atoms with Crippen molar-refractivity contribution >= 4 is 34.9 Å². The fourth-order valence-electron chi connectivity index (χ4n) is 6.26. The monoisotopic (exact) mass is 731 g/mol. The van der Waals surface area contributed by atoms with Gasteiger partial charge >= 0.3 is 0 Å². The number of rotatable bonds is 11. The molecule has 294 valence electrons. The van der Waals surface area contributed by atoms with Crippen LogP contribution in [-0.2, 0) is 25.6 Å². The number of carbonyl (C=O) groups is 4. The number of hydrogen-bond acceptors (Lipinski definition) is 5. The minimum absolute atomic E-state index is 0. The first kappa shape index (κ1) is 48.3. The molecule has 0 unspecified atom stereocenters. The van der Waals surface area contributed by atoms with E-state index >= 15 is 0 Å². The zero-order chi connectivity index (χ0) is 38.2. The summed E-state index contributed by atoms with van der Waals surface area (Å²) in [6.07, 6.45) is 13.5. The van der Waals surface area contributed by atoms with Crippen LogP contribution in [0.15, 0.2) is 42.5 Å². The van der Waals surface area contributed by atoms with Crippen molar-refractivity contribution in [3.63, 3.8) is 0 Å². The maximum Gasteiger partial charge on any atom is 0.223 e. The number of Topliss-reactive ketones (excluding diaryl/α,β-unsaturated/α-hetero) is 1. The predicted molar refractivity (Wildman–Crippen MR) is 211 cm³/mol. The van der Waals surface area contributed by atoms with Crippen LogP contribution in [0.4, 0.5) is 20.2 Å². The largest absolute Gasteiger partial charge is 0.343 e. The molecule has 0 spiro atoms. The van der Waals surface area contributed by atoms with Gasteiger partial charge in [0.1, 0.15) is 17.4 Å². The number of nitrogens with one attached hydrogen (secondary N) is 2. The number of likely N-dealkylation sites (tertiary alicyclic amines) is 2. The number of hydrogen-bond donors (Lipinski definition) is 2. The standard InChI is InChI=1S/C15H26N2O2.C10H13NO.C8H7F2NO.C8H18.CH4/c1-13(18)5-6-15(19)17-11-7-14(8-12-17)16-9-3-2-4-10-16;1-3-9-6-4-5-7-10(9)11-8(2)12;1-5(12)11-8-4-6(9)2-3-7(8)10;1-4-6-8(3)7-5-2;/h14H,2-12H2,1H3;4-7H,3H2,1-2H3,(H,11,12);2-4H,1H3,(H,11,12);8H,4-7H2,1-3H3;1H4. The maximum absolute atomic E-state index is 12.7. The Labute approximate surface area is 313 Å². The number of aryl methyl sites for hydroxylation is 1. The van der Waals surface area contributed by atoms with Gasteiger partial charge in [0.2, 0.25) is 17.7 Å². The molecule has 2 aliphatic heterocycles. The van der Waals surface area contributed by atoms with Crippen molar-refractivity contribution in [3.05, 3.63) is 59.7 Å². The molecular weight excluding hydrogens is 662 g/mol. The van der Waals surface area contributed by atoms with Crippen LogP contribution in [0.3, 0.4) is 0 Å². The van der Waals surface area contributed by atoms with E-state index in [1.54, 1.807) is 6.92 Å². The van der Waals surface area contributed by atoms with Gasteiger partial charge in [0.05, 0.1) is 5.69 Å². The Hall–Kier alpha value is -3.66. The molecule has 0 bridgehead atoms. The molecule has 2 aromatic rings. The SMILES string of the molecule is C.CC(=O)CCC(=O)N1CCC(N2CCCCC2)CC1.CC(=O)Nc1cc(F)ccc1F.CCCC(C)CCC.CCc1ccccc1NC(C)=O. The van der Waals surface area contributed by atoms with Crippen LogP contribution in [0, 0.1) is 17.6 Å². The molecule has 0 saturated carbocycles. The molecule has 2 saturated heterocycles.